The van der Waals surface area contributed by atoms with Crippen molar-refractivity contribution in [3.05, 3.63) is 53.3 Å². The van der Waals surface area contributed by atoms with Gasteiger partial charge in [0.15, 0.2) is 5.82 Å². The van der Waals surface area contributed by atoms with Crippen molar-refractivity contribution in [3.63, 3.8) is 0 Å². The number of hydrogen-bond donors (Lipinski definition) is 1. The third kappa shape index (κ3) is 3.86. The zero-order valence-electron chi connectivity index (χ0n) is 17.9. The summed E-state index contributed by atoms with van der Waals surface area (Å²) in [5.74, 6) is -0.114. The number of benzene rings is 2. The minimum Gasteiger partial charge on any atom is -0.494 e. The van der Waals surface area contributed by atoms with Crippen LogP contribution in [0.1, 0.15) is 23.4 Å². The van der Waals surface area contributed by atoms with E-state index in [1.165, 1.54) is 4.68 Å². The molecule has 1 unspecified atom stereocenters. The quantitative estimate of drug-likeness (QED) is 0.637. The molecule has 160 valence electrons. The molecule has 0 bridgehead atoms. The summed E-state index contributed by atoms with van der Waals surface area (Å²) in [6.45, 7) is 6.32. The molecule has 1 aromatic heterocycles. The van der Waals surface area contributed by atoms with Crippen LogP contribution in [0.4, 0.5) is 11.4 Å². The van der Waals surface area contributed by atoms with E-state index in [1.807, 2.05) is 32.0 Å². The molecule has 31 heavy (non-hydrogen) atoms. The highest BCUT2D eigenvalue weighted by molar-refractivity contribution is 6.13. The molecule has 0 radical (unpaired) electrons. The Hall–Kier alpha value is -3.75. The lowest BCUT2D eigenvalue weighted by Crippen LogP contribution is -2.33. The maximum atomic E-state index is 12.9. The summed E-state index contributed by atoms with van der Waals surface area (Å²) in [5.41, 5.74) is 4.23. The van der Waals surface area contributed by atoms with Crippen LogP contribution in [0.25, 0.3) is 5.69 Å². The van der Waals surface area contributed by atoms with Gasteiger partial charge in [-0.25, -0.2) is 0 Å². The number of tetrazole rings is 1. The molecule has 3 aromatic rings. The molecule has 1 atom stereocenters. The van der Waals surface area contributed by atoms with E-state index in [4.69, 9.17) is 4.74 Å². The molecule has 2 aromatic carbocycles. The number of rotatable bonds is 5. The van der Waals surface area contributed by atoms with E-state index in [2.05, 4.69) is 20.8 Å². The van der Waals surface area contributed by atoms with E-state index < -0.39 is 5.92 Å². The van der Waals surface area contributed by atoms with Gasteiger partial charge in [-0.2, -0.15) is 4.68 Å². The topological polar surface area (TPSA) is 102 Å². The van der Waals surface area contributed by atoms with Gasteiger partial charge in [-0.15, -0.1) is 5.10 Å². The molecular weight excluding hydrogens is 396 g/mol. The lowest BCUT2D eigenvalue weighted by molar-refractivity contribution is -0.129. The Morgan fingerprint density at radius 1 is 1.13 bits per heavy atom. The maximum absolute atomic E-state index is 12.9. The average molecular weight is 420 g/mol. The summed E-state index contributed by atoms with van der Waals surface area (Å²) in [6.07, 6.45) is 0.465. The van der Waals surface area contributed by atoms with Crippen molar-refractivity contribution in [2.45, 2.75) is 27.2 Å². The number of ether oxygens (including phenoxy) is 1. The maximum Gasteiger partial charge on any atom is 0.239 e. The van der Waals surface area contributed by atoms with Crippen molar-refractivity contribution in [2.24, 2.45) is 5.92 Å². The van der Waals surface area contributed by atoms with Crippen molar-refractivity contribution >= 4 is 23.2 Å². The SMILES string of the molecule is COc1ccc(NC(=O)C2CCN(c3ccc(C)c(C)c3)C2=O)cc1-n1nnnc1C. The smallest absolute Gasteiger partial charge is 0.239 e. The van der Waals surface area contributed by atoms with Crippen LogP contribution in [0, 0.1) is 26.7 Å². The molecule has 1 saturated heterocycles. The molecule has 0 spiro atoms. The fourth-order valence-electron chi connectivity index (χ4n) is 3.69. The van der Waals surface area contributed by atoms with Gasteiger partial charge in [-0.1, -0.05) is 6.07 Å². The summed E-state index contributed by atoms with van der Waals surface area (Å²) in [6, 6.07) is 11.1. The third-order valence-corrected chi connectivity index (χ3v) is 5.62. The minimum absolute atomic E-state index is 0.189. The number of carbonyl (C=O) groups is 2. The van der Waals surface area contributed by atoms with Crippen LogP contribution in [0.5, 0.6) is 5.75 Å². The van der Waals surface area contributed by atoms with Gasteiger partial charge in [-0.05, 0) is 79.1 Å². The van der Waals surface area contributed by atoms with Crippen molar-refractivity contribution < 1.29 is 14.3 Å². The lowest BCUT2D eigenvalue weighted by atomic mass is 10.1. The Morgan fingerprint density at radius 2 is 1.94 bits per heavy atom. The summed E-state index contributed by atoms with van der Waals surface area (Å²) in [5, 5.41) is 14.4. The van der Waals surface area contributed by atoms with Crippen molar-refractivity contribution in [2.75, 3.05) is 23.9 Å². The molecule has 9 heteroatoms. The largest absolute Gasteiger partial charge is 0.494 e. The van der Waals surface area contributed by atoms with Crippen molar-refractivity contribution in [3.8, 4) is 11.4 Å². The van der Waals surface area contributed by atoms with Gasteiger partial charge in [0.2, 0.25) is 11.8 Å². The molecule has 2 heterocycles. The highest BCUT2D eigenvalue weighted by atomic mass is 16.5. The molecule has 0 aliphatic carbocycles. The number of nitrogens with zero attached hydrogens (tertiary/aromatic N) is 5. The molecule has 1 fully saturated rings. The van der Waals surface area contributed by atoms with E-state index in [1.54, 1.807) is 37.1 Å². The van der Waals surface area contributed by atoms with Crippen LogP contribution < -0.4 is 15.0 Å². The van der Waals surface area contributed by atoms with E-state index >= 15 is 0 Å². The fourth-order valence-corrected chi connectivity index (χ4v) is 3.69. The molecule has 2 amide bonds. The van der Waals surface area contributed by atoms with Crippen molar-refractivity contribution in [1.29, 1.82) is 0 Å². The van der Waals surface area contributed by atoms with Gasteiger partial charge in [-0.3, -0.25) is 9.59 Å². The molecule has 9 nitrogen and oxygen atoms in total. The molecule has 1 aliphatic heterocycles. The van der Waals surface area contributed by atoms with Gasteiger partial charge in [0, 0.05) is 17.9 Å². The first-order valence-electron chi connectivity index (χ1n) is 10.0. The van der Waals surface area contributed by atoms with Crippen LogP contribution in [-0.2, 0) is 9.59 Å². The molecule has 1 N–H and O–H groups in total. The van der Waals surface area contributed by atoms with Crippen LogP contribution in [0.15, 0.2) is 36.4 Å². The van der Waals surface area contributed by atoms with E-state index in [0.717, 1.165) is 16.8 Å². The number of aryl methyl sites for hydroxylation is 3. The van der Waals surface area contributed by atoms with Crippen LogP contribution in [0.2, 0.25) is 0 Å². The number of amides is 2. The normalized spacial score (nSPS) is 15.9. The average Bonchev–Trinajstić information content (AvgIpc) is 3.35. The van der Waals surface area contributed by atoms with Crippen molar-refractivity contribution in [1.82, 2.24) is 20.2 Å². The Morgan fingerprint density at radius 3 is 2.61 bits per heavy atom. The standard InChI is InChI=1S/C22H24N6O3/c1-13-5-7-17(11-14(13)2)27-10-9-18(22(27)30)21(29)23-16-6-8-20(31-4)19(12-16)28-15(3)24-25-26-28/h5-8,11-12,18H,9-10H2,1-4H3,(H,23,29). The Kier molecular flexibility index (Phi) is 5.41. The second-order valence-electron chi connectivity index (χ2n) is 7.61. The predicted molar refractivity (Wildman–Crippen MR) is 115 cm³/mol. The second-order valence-corrected chi connectivity index (χ2v) is 7.61. The first-order chi connectivity index (χ1) is 14.9. The number of nitrogens with one attached hydrogen (secondary N) is 1. The monoisotopic (exact) mass is 420 g/mol. The molecule has 4 rings (SSSR count). The van der Waals surface area contributed by atoms with Gasteiger partial charge in [0.05, 0.1) is 7.11 Å². The number of carbonyl (C=O) groups excluding carboxylic acids is 2. The Labute approximate surface area is 180 Å². The van der Waals surface area contributed by atoms with E-state index in [0.29, 0.717) is 35.9 Å². The van der Waals surface area contributed by atoms with E-state index in [9.17, 15) is 9.59 Å². The van der Waals surface area contributed by atoms with Gasteiger partial charge in [0.25, 0.3) is 0 Å². The van der Waals surface area contributed by atoms with Gasteiger partial charge >= 0.3 is 0 Å². The zero-order valence-corrected chi connectivity index (χ0v) is 17.9. The molecule has 1 aliphatic rings. The number of hydrogen-bond acceptors (Lipinski definition) is 6. The minimum atomic E-state index is -0.734. The summed E-state index contributed by atoms with van der Waals surface area (Å²) in [7, 11) is 1.55. The highest BCUT2D eigenvalue weighted by Crippen LogP contribution is 2.30. The first kappa shape index (κ1) is 20.5. The lowest BCUT2D eigenvalue weighted by Gasteiger charge is -2.18. The van der Waals surface area contributed by atoms with Gasteiger partial charge in [0.1, 0.15) is 17.4 Å². The summed E-state index contributed by atoms with van der Waals surface area (Å²) in [4.78, 5) is 27.5. The van der Waals surface area contributed by atoms with Gasteiger partial charge < -0.3 is 15.0 Å². The molecule has 0 saturated carbocycles. The second kappa shape index (κ2) is 8.17. The summed E-state index contributed by atoms with van der Waals surface area (Å²) >= 11 is 0. The third-order valence-electron chi connectivity index (χ3n) is 5.62. The Balaban J connectivity index is 1.53. The van der Waals surface area contributed by atoms with Crippen LogP contribution in [0.3, 0.4) is 0 Å². The number of aromatic nitrogens is 4. The first-order valence-corrected chi connectivity index (χ1v) is 10.0. The molecular formula is C22H24N6O3. The Bertz CT molecular complexity index is 1160. The van der Waals surface area contributed by atoms with Crippen LogP contribution >= 0.6 is 0 Å². The zero-order chi connectivity index (χ0) is 22.1. The summed E-state index contributed by atoms with van der Waals surface area (Å²) < 4.78 is 6.92. The van der Waals surface area contributed by atoms with E-state index in [-0.39, 0.29) is 11.8 Å². The fraction of sp³-hybridized carbons (Fsp3) is 0.318. The number of methoxy groups -OCH3 is 1. The predicted octanol–water partition coefficient (Wildman–Crippen LogP) is 2.59. The number of anilines is 2. The van der Waals surface area contributed by atoms with Crippen LogP contribution in [-0.4, -0.2) is 45.7 Å². The highest BCUT2D eigenvalue weighted by Gasteiger charge is 2.37.